The van der Waals surface area contributed by atoms with E-state index in [1.165, 1.54) is 40.0 Å². The number of hydrogen-bond acceptors (Lipinski definition) is 6. The summed E-state index contributed by atoms with van der Waals surface area (Å²) in [4.78, 5) is 12.8. The summed E-state index contributed by atoms with van der Waals surface area (Å²) in [6, 6.07) is 4.25. The summed E-state index contributed by atoms with van der Waals surface area (Å²) in [6.07, 6.45) is 7.15. The number of aliphatic hydroxyl groups is 1. The molecule has 120 valence electrons. The van der Waals surface area contributed by atoms with Gasteiger partial charge in [-0.05, 0) is 49.1 Å². The Morgan fingerprint density at radius 2 is 2.17 bits per heavy atom. The van der Waals surface area contributed by atoms with Crippen molar-refractivity contribution in [3.8, 4) is 0 Å². The van der Waals surface area contributed by atoms with Crippen molar-refractivity contribution in [2.75, 3.05) is 11.9 Å². The topological polar surface area (TPSA) is 58.0 Å². The standard InChI is InChI=1S/C17H19N3OS2/c21-8-7-12(14-6-3-9-22-14)20-16-15-11-4-1-2-5-13(11)23-17(15)19-10-18-16/h3,6,9-10,12,21H,1-2,4-5,7-8H2,(H,18,19,20). The zero-order chi connectivity index (χ0) is 15.6. The summed E-state index contributed by atoms with van der Waals surface area (Å²) in [6.45, 7) is 0.158. The molecular formula is C17H19N3OS2. The maximum absolute atomic E-state index is 9.41. The lowest BCUT2D eigenvalue weighted by Crippen LogP contribution is -2.13. The summed E-state index contributed by atoms with van der Waals surface area (Å²) >= 11 is 3.53. The second kappa shape index (κ2) is 6.55. The van der Waals surface area contributed by atoms with E-state index in [-0.39, 0.29) is 12.6 Å². The lowest BCUT2D eigenvalue weighted by atomic mass is 9.97. The summed E-state index contributed by atoms with van der Waals surface area (Å²) < 4.78 is 0. The van der Waals surface area contributed by atoms with Gasteiger partial charge in [0, 0.05) is 16.4 Å². The molecule has 4 nitrogen and oxygen atoms in total. The molecule has 1 aliphatic carbocycles. The van der Waals surface area contributed by atoms with Gasteiger partial charge in [-0.25, -0.2) is 9.97 Å². The van der Waals surface area contributed by atoms with Crippen LogP contribution in [0.1, 0.15) is 40.6 Å². The molecule has 2 N–H and O–H groups in total. The maximum Gasteiger partial charge on any atom is 0.138 e. The zero-order valence-electron chi connectivity index (χ0n) is 12.8. The lowest BCUT2D eigenvalue weighted by molar-refractivity contribution is 0.280. The minimum atomic E-state index is 0.0947. The minimum Gasteiger partial charge on any atom is -0.396 e. The molecule has 0 radical (unpaired) electrons. The van der Waals surface area contributed by atoms with Gasteiger partial charge in [0.05, 0.1) is 11.4 Å². The van der Waals surface area contributed by atoms with Gasteiger partial charge in [0.15, 0.2) is 0 Å². The molecule has 0 fully saturated rings. The van der Waals surface area contributed by atoms with Crippen LogP contribution in [0.4, 0.5) is 5.82 Å². The smallest absolute Gasteiger partial charge is 0.138 e. The highest BCUT2D eigenvalue weighted by atomic mass is 32.1. The third-order valence-corrected chi connectivity index (χ3v) is 6.55. The highest BCUT2D eigenvalue weighted by molar-refractivity contribution is 7.19. The average molecular weight is 345 g/mol. The Morgan fingerprint density at radius 3 is 3.00 bits per heavy atom. The van der Waals surface area contributed by atoms with Crippen molar-refractivity contribution in [2.24, 2.45) is 0 Å². The molecule has 1 atom stereocenters. The van der Waals surface area contributed by atoms with E-state index in [9.17, 15) is 5.11 Å². The second-order valence-corrected chi connectivity index (χ2v) is 7.90. The van der Waals surface area contributed by atoms with Crippen molar-refractivity contribution < 1.29 is 5.11 Å². The molecule has 4 rings (SSSR count). The number of aryl methyl sites for hydroxylation is 2. The second-order valence-electron chi connectivity index (χ2n) is 5.84. The van der Waals surface area contributed by atoms with Crippen LogP contribution in [0.15, 0.2) is 23.8 Å². The molecule has 1 aliphatic rings. The minimum absolute atomic E-state index is 0.0947. The highest BCUT2D eigenvalue weighted by Gasteiger charge is 2.21. The van der Waals surface area contributed by atoms with Crippen LogP contribution in [0.3, 0.4) is 0 Å². The van der Waals surface area contributed by atoms with E-state index in [2.05, 4.69) is 26.7 Å². The molecule has 0 amide bonds. The molecule has 3 heterocycles. The third kappa shape index (κ3) is 2.86. The van der Waals surface area contributed by atoms with Crippen LogP contribution in [-0.4, -0.2) is 21.7 Å². The van der Waals surface area contributed by atoms with Crippen LogP contribution in [0, 0.1) is 0 Å². The van der Waals surface area contributed by atoms with E-state index >= 15 is 0 Å². The summed E-state index contributed by atoms with van der Waals surface area (Å²) in [5, 5.41) is 16.3. The van der Waals surface area contributed by atoms with Crippen LogP contribution in [0.5, 0.6) is 0 Å². The zero-order valence-corrected chi connectivity index (χ0v) is 14.4. The van der Waals surface area contributed by atoms with Crippen LogP contribution in [0.2, 0.25) is 0 Å². The number of anilines is 1. The van der Waals surface area contributed by atoms with Crippen LogP contribution in [0.25, 0.3) is 10.2 Å². The number of fused-ring (bicyclic) bond motifs is 3. The molecule has 0 aliphatic heterocycles. The van der Waals surface area contributed by atoms with E-state index in [4.69, 9.17) is 0 Å². The molecule has 0 saturated heterocycles. The van der Waals surface area contributed by atoms with Crippen LogP contribution < -0.4 is 5.32 Å². The van der Waals surface area contributed by atoms with E-state index in [0.29, 0.717) is 6.42 Å². The van der Waals surface area contributed by atoms with Crippen molar-refractivity contribution in [1.82, 2.24) is 9.97 Å². The largest absolute Gasteiger partial charge is 0.396 e. The average Bonchev–Trinajstić information content (AvgIpc) is 3.22. The van der Waals surface area contributed by atoms with Gasteiger partial charge in [0.2, 0.25) is 0 Å². The number of rotatable bonds is 5. The molecular weight excluding hydrogens is 326 g/mol. The number of thiophene rings is 2. The molecule has 0 spiro atoms. The first-order valence-electron chi connectivity index (χ1n) is 8.03. The fourth-order valence-corrected chi connectivity index (χ4v) is 5.31. The van der Waals surface area contributed by atoms with Gasteiger partial charge in [-0.3, -0.25) is 0 Å². The Kier molecular flexibility index (Phi) is 4.29. The third-order valence-electron chi connectivity index (χ3n) is 4.37. The first-order valence-corrected chi connectivity index (χ1v) is 9.72. The molecule has 23 heavy (non-hydrogen) atoms. The van der Waals surface area contributed by atoms with E-state index in [1.807, 2.05) is 17.4 Å². The molecule has 1 unspecified atom stereocenters. The SMILES string of the molecule is OCCC(Nc1ncnc2sc3c(c12)CCCC3)c1cccs1. The Balaban J connectivity index is 1.74. The quantitative estimate of drug-likeness (QED) is 0.729. The molecule has 0 bridgehead atoms. The van der Waals surface area contributed by atoms with E-state index in [0.717, 1.165) is 17.1 Å². The number of nitrogens with one attached hydrogen (secondary N) is 1. The summed E-state index contributed by atoms with van der Waals surface area (Å²) in [5.74, 6) is 0.918. The highest BCUT2D eigenvalue weighted by Crippen LogP contribution is 2.39. The Labute approximate surface area is 143 Å². The van der Waals surface area contributed by atoms with Gasteiger partial charge < -0.3 is 10.4 Å². The van der Waals surface area contributed by atoms with Gasteiger partial charge in [-0.1, -0.05) is 6.07 Å². The van der Waals surface area contributed by atoms with Gasteiger partial charge in [-0.2, -0.15) is 0 Å². The van der Waals surface area contributed by atoms with Crippen LogP contribution >= 0.6 is 22.7 Å². The first-order chi connectivity index (χ1) is 11.4. The maximum atomic E-state index is 9.41. The van der Waals surface area contributed by atoms with Crippen molar-refractivity contribution in [1.29, 1.82) is 0 Å². The van der Waals surface area contributed by atoms with Crippen LogP contribution in [-0.2, 0) is 12.8 Å². The lowest BCUT2D eigenvalue weighted by Gasteiger charge is -2.18. The Bertz CT molecular complexity index is 798. The van der Waals surface area contributed by atoms with Crippen molar-refractivity contribution in [3.05, 3.63) is 39.2 Å². The Morgan fingerprint density at radius 1 is 1.26 bits per heavy atom. The van der Waals surface area contributed by atoms with E-state index < -0.39 is 0 Å². The fraction of sp³-hybridized carbons (Fsp3) is 0.412. The van der Waals surface area contributed by atoms with Gasteiger partial charge in [0.1, 0.15) is 17.0 Å². The molecule has 3 aromatic rings. The fourth-order valence-electron chi connectivity index (χ4n) is 3.27. The molecule has 0 aromatic carbocycles. The monoisotopic (exact) mass is 345 g/mol. The van der Waals surface area contributed by atoms with Gasteiger partial charge in [-0.15, -0.1) is 22.7 Å². The number of nitrogens with zero attached hydrogens (tertiary/aromatic N) is 2. The molecule has 6 heteroatoms. The van der Waals surface area contributed by atoms with Gasteiger partial charge in [0.25, 0.3) is 0 Å². The predicted molar refractivity (Wildman–Crippen MR) is 96.4 cm³/mol. The van der Waals surface area contributed by atoms with E-state index in [1.54, 1.807) is 17.7 Å². The summed E-state index contributed by atoms with van der Waals surface area (Å²) in [7, 11) is 0. The van der Waals surface area contributed by atoms with Crippen molar-refractivity contribution in [3.63, 3.8) is 0 Å². The number of aromatic nitrogens is 2. The summed E-state index contributed by atoms with van der Waals surface area (Å²) in [5.41, 5.74) is 1.44. The van der Waals surface area contributed by atoms with Crippen molar-refractivity contribution >= 4 is 38.7 Å². The molecule has 0 saturated carbocycles. The predicted octanol–water partition coefficient (Wildman–Crippen LogP) is 4.17. The number of aliphatic hydroxyl groups excluding tert-OH is 1. The Hall–Kier alpha value is -1.50. The first kappa shape index (κ1) is 15.1. The van der Waals surface area contributed by atoms with Gasteiger partial charge >= 0.3 is 0 Å². The normalized spacial score (nSPS) is 15.5. The number of hydrogen-bond donors (Lipinski definition) is 2. The molecule has 3 aromatic heterocycles. The van der Waals surface area contributed by atoms with Crippen molar-refractivity contribution in [2.45, 2.75) is 38.1 Å².